The second-order valence-corrected chi connectivity index (χ2v) is 9.93. The van der Waals surface area contributed by atoms with Crippen molar-refractivity contribution in [3.8, 4) is 10.8 Å². The molecule has 7 nitrogen and oxygen atoms in total. The fourth-order valence-corrected chi connectivity index (χ4v) is 5.36. The molecule has 180 valence electrons. The van der Waals surface area contributed by atoms with E-state index in [9.17, 15) is 14.3 Å². The van der Waals surface area contributed by atoms with E-state index < -0.39 is 17.6 Å². The van der Waals surface area contributed by atoms with E-state index in [1.54, 1.807) is 39.2 Å². The number of aromatic nitrogens is 2. The third kappa shape index (κ3) is 4.29. The number of esters is 1. The van der Waals surface area contributed by atoms with Gasteiger partial charge in [0.05, 0.1) is 30.5 Å². The Balaban J connectivity index is 1.65. The lowest BCUT2D eigenvalue weighted by atomic mass is 9.89. The Hall–Kier alpha value is -3.34. The van der Waals surface area contributed by atoms with E-state index in [4.69, 9.17) is 14.2 Å². The molecule has 0 radical (unpaired) electrons. The molecule has 4 aromatic rings. The Bertz CT molecular complexity index is 1460. The first-order chi connectivity index (χ1) is 16.8. The second kappa shape index (κ2) is 9.03. The van der Waals surface area contributed by atoms with E-state index >= 15 is 0 Å². The number of hydrogen-bond acceptors (Lipinski definition) is 9. The predicted molar refractivity (Wildman–Crippen MR) is 131 cm³/mol. The number of nitrogens with zero attached hydrogens (tertiary/aromatic N) is 2. The largest absolute Gasteiger partial charge is 0.488 e. The normalized spacial score (nSPS) is 17.9. The van der Waals surface area contributed by atoms with Gasteiger partial charge < -0.3 is 19.3 Å². The first kappa shape index (κ1) is 23.4. The minimum Gasteiger partial charge on any atom is -0.488 e. The Morgan fingerprint density at radius 3 is 2.63 bits per heavy atom. The molecule has 0 aliphatic carbocycles. The lowest BCUT2D eigenvalue weighted by Crippen LogP contribution is -2.30. The molecule has 0 bridgehead atoms. The predicted octanol–water partition coefficient (Wildman–Crippen LogP) is 5.09. The third-order valence-corrected chi connectivity index (χ3v) is 7.18. The number of fused-ring (bicyclic) bond motifs is 1. The van der Waals surface area contributed by atoms with E-state index in [0.717, 1.165) is 22.7 Å². The van der Waals surface area contributed by atoms with Gasteiger partial charge in [-0.1, -0.05) is 6.07 Å². The zero-order chi connectivity index (χ0) is 24.7. The van der Waals surface area contributed by atoms with Crippen LogP contribution in [0.2, 0.25) is 0 Å². The second-order valence-electron chi connectivity index (χ2n) is 8.27. The molecule has 10 heteroatoms. The first-order valence-electron chi connectivity index (χ1n) is 10.8. The highest BCUT2D eigenvalue weighted by Gasteiger charge is 2.48. The molecule has 1 unspecified atom stereocenters. The van der Waals surface area contributed by atoms with Crippen LogP contribution in [0.5, 0.6) is 10.8 Å². The van der Waals surface area contributed by atoms with Crippen molar-refractivity contribution in [3.05, 3.63) is 75.9 Å². The van der Waals surface area contributed by atoms with Gasteiger partial charge in [0.25, 0.3) is 5.79 Å². The number of hydrogen-bond donors (Lipinski definition) is 1. The van der Waals surface area contributed by atoms with Crippen molar-refractivity contribution in [1.82, 2.24) is 8.75 Å². The standard InChI is InChI=1S/C25H21FN2O5S2/c1-13(2)32-21-8-5-15(11-18(21)26)25(30)17(12-16-6-9-22(31-3)34-16)23(24(29)33-25)14-4-7-19-20(10-14)28-35-27-19/h4-11,13,30H,12H2,1-3H3. The number of carbonyl (C=O) groups excluding carboxylic acids is 1. The van der Waals surface area contributed by atoms with Gasteiger partial charge in [-0.25, -0.2) is 9.18 Å². The number of benzene rings is 2. The van der Waals surface area contributed by atoms with Gasteiger partial charge in [-0.05, 0) is 61.9 Å². The van der Waals surface area contributed by atoms with Crippen LogP contribution >= 0.6 is 23.1 Å². The molecule has 0 spiro atoms. The summed E-state index contributed by atoms with van der Waals surface area (Å²) in [7, 11) is 1.57. The molecule has 1 atom stereocenters. The lowest BCUT2D eigenvalue weighted by Gasteiger charge is -2.26. The summed E-state index contributed by atoms with van der Waals surface area (Å²) in [6.45, 7) is 3.58. The quantitative estimate of drug-likeness (QED) is 0.345. The van der Waals surface area contributed by atoms with Crippen molar-refractivity contribution in [2.24, 2.45) is 0 Å². The van der Waals surface area contributed by atoms with Gasteiger partial charge in [0.2, 0.25) is 0 Å². The first-order valence-corrected chi connectivity index (χ1v) is 12.3. The fraction of sp³-hybridized carbons (Fsp3) is 0.240. The number of ether oxygens (including phenoxy) is 3. The van der Waals surface area contributed by atoms with Gasteiger partial charge >= 0.3 is 5.97 Å². The number of rotatable bonds is 7. The average molecular weight is 513 g/mol. The molecule has 0 saturated heterocycles. The molecule has 0 amide bonds. The van der Waals surface area contributed by atoms with Crippen molar-refractivity contribution in [1.29, 1.82) is 0 Å². The monoisotopic (exact) mass is 512 g/mol. The zero-order valence-electron chi connectivity index (χ0n) is 19.1. The van der Waals surface area contributed by atoms with Crippen LogP contribution in [0.4, 0.5) is 4.39 Å². The number of cyclic esters (lactones) is 1. The molecule has 5 rings (SSSR count). The Morgan fingerprint density at radius 1 is 1.11 bits per heavy atom. The number of carbonyl (C=O) groups is 1. The number of aliphatic hydroxyl groups is 1. The van der Waals surface area contributed by atoms with E-state index in [1.165, 1.54) is 23.5 Å². The molecule has 3 heterocycles. The van der Waals surface area contributed by atoms with Gasteiger partial charge in [0.1, 0.15) is 11.0 Å². The topological polar surface area (TPSA) is 90.8 Å². The molecule has 2 aromatic heterocycles. The van der Waals surface area contributed by atoms with Gasteiger partial charge in [0.15, 0.2) is 16.6 Å². The van der Waals surface area contributed by atoms with Crippen LogP contribution in [0, 0.1) is 5.82 Å². The van der Waals surface area contributed by atoms with Crippen molar-refractivity contribution in [3.63, 3.8) is 0 Å². The minimum absolute atomic E-state index is 0.0481. The summed E-state index contributed by atoms with van der Waals surface area (Å²) in [6.07, 6.45) is -0.0427. The Kier molecular flexibility index (Phi) is 6.04. The summed E-state index contributed by atoms with van der Waals surface area (Å²) in [5.74, 6) is -3.50. The van der Waals surface area contributed by atoms with Crippen LogP contribution in [0.3, 0.4) is 0 Å². The molecule has 0 fully saturated rings. The van der Waals surface area contributed by atoms with Gasteiger partial charge in [0, 0.05) is 22.4 Å². The lowest BCUT2D eigenvalue weighted by molar-refractivity contribution is -0.185. The number of thiophene rings is 1. The molecule has 1 aliphatic heterocycles. The maximum absolute atomic E-state index is 14.9. The third-order valence-electron chi connectivity index (χ3n) is 5.57. The zero-order valence-corrected chi connectivity index (χ0v) is 20.7. The van der Waals surface area contributed by atoms with E-state index in [2.05, 4.69) is 8.75 Å². The van der Waals surface area contributed by atoms with Crippen molar-refractivity contribution in [2.75, 3.05) is 7.11 Å². The summed E-state index contributed by atoms with van der Waals surface area (Å²) in [4.78, 5) is 14.0. The molecule has 1 N–H and O–H groups in total. The number of halogens is 1. The smallest absolute Gasteiger partial charge is 0.342 e. The van der Waals surface area contributed by atoms with Crippen molar-refractivity contribution < 1.29 is 28.5 Å². The highest BCUT2D eigenvalue weighted by molar-refractivity contribution is 7.13. The van der Waals surface area contributed by atoms with Crippen molar-refractivity contribution >= 4 is 45.6 Å². The maximum Gasteiger partial charge on any atom is 0.342 e. The highest BCUT2D eigenvalue weighted by Crippen LogP contribution is 2.46. The summed E-state index contributed by atoms with van der Waals surface area (Å²) in [6, 6.07) is 12.9. The van der Waals surface area contributed by atoms with E-state index in [-0.39, 0.29) is 29.4 Å². The Morgan fingerprint density at radius 2 is 1.91 bits per heavy atom. The van der Waals surface area contributed by atoms with Gasteiger partial charge in [-0.15, -0.1) is 11.3 Å². The van der Waals surface area contributed by atoms with Crippen LogP contribution in [-0.2, 0) is 21.7 Å². The Labute approximate surface area is 208 Å². The molecule has 2 aromatic carbocycles. The van der Waals surface area contributed by atoms with Crippen LogP contribution in [-0.4, -0.2) is 33.0 Å². The molecule has 0 saturated carbocycles. The van der Waals surface area contributed by atoms with E-state index in [0.29, 0.717) is 27.2 Å². The van der Waals surface area contributed by atoms with Crippen LogP contribution < -0.4 is 9.47 Å². The summed E-state index contributed by atoms with van der Waals surface area (Å²) in [5.41, 5.74) is 2.45. The maximum atomic E-state index is 14.9. The summed E-state index contributed by atoms with van der Waals surface area (Å²) >= 11 is 2.45. The fourth-order valence-electron chi connectivity index (χ4n) is 4.01. The van der Waals surface area contributed by atoms with Crippen LogP contribution in [0.15, 0.2) is 54.1 Å². The molecular weight excluding hydrogens is 491 g/mol. The average Bonchev–Trinajstić information content (AvgIpc) is 3.53. The SMILES string of the molecule is COc1ccc(CC2=C(c3ccc4nsnc4c3)C(=O)OC2(O)c2ccc(OC(C)C)c(F)c2)s1. The molecular formula is C25H21FN2O5S2. The van der Waals surface area contributed by atoms with Crippen LogP contribution in [0.1, 0.15) is 29.9 Å². The molecule has 35 heavy (non-hydrogen) atoms. The molecule has 1 aliphatic rings. The summed E-state index contributed by atoms with van der Waals surface area (Å²) in [5, 5.41) is 12.4. The number of methoxy groups -OCH3 is 1. The van der Waals surface area contributed by atoms with Gasteiger partial charge in [-0.3, -0.25) is 0 Å². The highest BCUT2D eigenvalue weighted by atomic mass is 32.1. The van der Waals surface area contributed by atoms with Crippen molar-refractivity contribution in [2.45, 2.75) is 32.2 Å². The van der Waals surface area contributed by atoms with Crippen LogP contribution in [0.25, 0.3) is 16.6 Å². The van der Waals surface area contributed by atoms with Gasteiger partial charge in [-0.2, -0.15) is 8.75 Å². The van der Waals surface area contributed by atoms with E-state index in [1.807, 2.05) is 12.1 Å². The minimum atomic E-state index is -2.17. The summed E-state index contributed by atoms with van der Waals surface area (Å²) < 4.78 is 39.7.